The number of amidine groups is 1. The number of alkyl halides is 2. The van der Waals surface area contributed by atoms with Crippen LogP contribution in [0.5, 0.6) is 0 Å². The Labute approximate surface area is 218 Å². The van der Waals surface area contributed by atoms with Gasteiger partial charge in [0.1, 0.15) is 5.84 Å². The molecule has 1 unspecified atom stereocenters. The van der Waals surface area contributed by atoms with Crippen molar-refractivity contribution >= 4 is 29.2 Å². The molecule has 0 aromatic heterocycles. The van der Waals surface area contributed by atoms with Crippen LogP contribution in [0, 0.1) is 10.8 Å². The van der Waals surface area contributed by atoms with E-state index in [9.17, 15) is 19.0 Å². The Kier molecular flexibility index (Phi) is 9.79. The van der Waals surface area contributed by atoms with E-state index in [1.807, 2.05) is 0 Å². The summed E-state index contributed by atoms with van der Waals surface area (Å²) in [6.45, 7) is 5.53. The summed E-state index contributed by atoms with van der Waals surface area (Å²) < 4.78 is 28.4. The number of nitrogens with zero attached hydrogens (tertiary/aromatic N) is 2. The lowest BCUT2D eigenvalue weighted by molar-refractivity contribution is -0.128. The Balaban J connectivity index is 2.07. The van der Waals surface area contributed by atoms with Gasteiger partial charge in [-0.05, 0) is 55.5 Å². The van der Waals surface area contributed by atoms with Gasteiger partial charge in [0.2, 0.25) is 5.91 Å². The van der Waals surface area contributed by atoms with Gasteiger partial charge >= 0.3 is 0 Å². The number of aryl methyl sites for hydroxylation is 1. The molecule has 3 rings (SSSR count). The second-order valence-corrected chi connectivity index (χ2v) is 9.48. The van der Waals surface area contributed by atoms with Gasteiger partial charge in [0.15, 0.2) is 0 Å². The summed E-state index contributed by atoms with van der Waals surface area (Å²) >= 11 is 0. The highest BCUT2D eigenvalue weighted by atomic mass is 19.3. The molecule has 1 aromatic carbocycles. The molecule has 0 bridgehead atoms. The number of fused-ring (bicyclic) bond motifs is 1. The largest absolute Gasteiger partial charge is 0.393 e. The Morgan fingerprint density at radius 1 is 1.27 bits per heavy atom. The first-order valence-corrected chi connectivity index (χ1v) is 12.9. The number of carbonyl (C=O) groups excluding carboxylic acids is 1. The lowest BCUT2D eigenvalue weighted by atomic mass is 9.91. The predicted molar refractivity (Wildman–Crippen MR) is 145 cm³/mol. The minimum atomic E-state index is -2.74. The molecule has 0 aliphatic carbocycles. The molecule has 2 aliphatic heterocycles. The number of anilines is 1. The normalized spacial score (nSPS) is 17.0. The topological polar surface area (TPSA) is 121 Å². The minimum Gasteiger partial charge on any atom is -0.393 e. The summed E-state index contributed by atoms with van der Waals surface area (Å²) in [5.41, 5.74) is 9.40. The van der Waals surface area contributed by atoms with Crippen LogP contribution in [0.3, 0.4) is 0 Å². The van der Waals surface area contributed by atoms with Crippen molar-refractivity contribution in [2.24, 2.45) is 5.73 Å². The van der Waals surface area contributed by atoms with Crippen molar-refractivity contribution < 1.29 is 13.6 Å². The number of amides is 1. The second-order valence-electron chi connectivity index (χ2n) is 9.48. The molecule has 1 amide bonds. The summed E-state index contributed by atoms with van der Waals surface area (Å²) in [7, 11) is 1.66. The molecule has 0 radical (unpaired) electrons. The molecule has 0 fully saturated rings. The molecule has 0 saturated carbocycles. The van der Waals surface area contributed by atoms with E-state index < -0.39 is 6.43 Å². The third kappa shape index (κ3) is 6.36. The van der Waals surface area contributed by atoms with Gasteiger partial charge in [0.05, 0.1) is 6.54 Å². The number of hydrogen-bond acceptors (Lipinski definition) is 6. The second kappa shape index (κ2) is 12.8. The van der Waals surface area contributed by atoms with Crippen LogP contribution >= 0.6 is 0 Å². The van der Waals surface area contributed by atoms with Crippen LogP contribution in [0.2, 0.25) is 0 Å². The first-order chi connectivity index (χ1) is 17.7. The zero-order chi connectivity index (χ0) is 27.1. The third-order valence-corrected chi connectivity index (χ3v) is 7.10. The summed E-state index contributed by atoms with van der Waals surface area (Å²) in [4.78, 5) is 15.7. The van der Waals surface area contributed by atoms with E-state index in [0.29, 0.717) is 61.4 Å². The molecule has 10 heteroatoms. The van der Waals surface area contributed by atoms with Crippen LogP contribution in [-0.2, 0) is 11.2 Å². The molecule has 0 saturated heterocycles. The number of nitrogens with two attached hydrogens (primary N) is 1. The lowest BCUT2D eigenvalue weighted by Crippen LogP contribution is -2.46. The van der Waals surface area contributed by atoms with Crippen molar-refractivity contribution in [3.05, 3.63) is 46.3 Å². The van der Waals surface area contributed by atoms with Crippen LogP contribution in [0.4, 0.5) is 14.5 Å². The molecule has 2 heterocycles. The molecule has 37 heavy (non-hydrogen) atoms. The first-order valence-electron chi connectivity index (χ1n) is 12.9. The monoisotopic (exact) mass is 515 g/mol. The molecule has 2 aliphatic rings. The summed E-state index contributed by atoms with van der Waals surface area (Å²) in [6, 6.07) is 3.36. The van der Waals surface area contributed by atoms with Gasteiger partial charge in [-0.15, -0.1) is 0 Å². The van der Waals surface area contributed by atoms with Crippen LogP contribution in [0.15, 0.2) is 29.6 Å². The zero-order valence-corrected chi connectivity index (χ0v) is 22.0. The van der Waals surface area contributed by atoms with Crippen molar-refractivity contribution in [1.29, 1.82) is 10.8 Å². The van der Waals surface area contributed by atoms with Crippen molar-refractivity contribution in [3.8, 4) is 0 Å². The van der Waals surface area contributed by atoms with E-state index in [1.54, 1.807) is 22.9 Å². The quantitative estimate of drug-likeness (QED) is 0.240. The van der Waals surface area contributed by atoms with E-state index in [2.05, 4.69) is 17.6 Å². The van der Waals surface area contributed by atoms with Gasteiger partial charge in [-0.3, -0.25) is 10.2 Å². The van der Waals surface area contributed by atoms with Gasteiger partial charge in [0.25, 0.3) is 6.43 Å². The number of rotatable bonds is 10. The fourth-order valence-corrected chi connectivity index (χ4v) is 5.06. The lowest BCUT2D eigenvalue weighted by Gasteiger charge is -2.38. The van der Waals surface area contributed by atoms with Crippen LogP contribution in [0.1, 0.15) is 62.6 Å². The molecule has 202 valence electrons. The standard InChI is InChI=1S/C27H39F2N7O/c1-4-20(7-9-30)34-24-8-11-35(17(2)37)16-23(24)27(32)36-10-5-6-18-12-21(19(14-31)15-33-3)22(26(28)29)13-25(18)36/h12-15,20,26,31-34H,4-11,16,30H2,1-3H3/b19-15+,31-14?,32-27?. The average Bonchev–Trinajstić information content (AvgIpc) is 2.89. The average molecular weight is 516 g/mol. The smallest absolute Gasteiger partial charge is 0.264 e. The van der Waals surface area contributed by atoms with E-state index in [-0.39, 0.29) is 23.3 Å². The first kappa shape index (κ1) is 28.3. The number of allylic oxidation sites excluding steroid dienone is 1. The maximum Gasteiger partial charge on any atom is 0.264 e. The summed E-state index contributed by atoms with van der Waals surface area (Å²) in [5, 5.41) is 23.3. The molecular weight excluding hydrogens is 476 g/mol. The number of carbonyl (C=O) groups is 1. The summed E-state index contributed by atoms with van der Waals surface area (Å²) in [6.07, 6.45) is 3.58. The van der Waals surface area contributed by atoms with Crippen molar-refractivity contribution in [2.45, 2.75) is 58.4 Å². The highest BCUT2D eigenvalue weighted by molar-refractivity contribution is 6.11. The Hall–Kier alpha value is -3.27. The SMILES string of the molecule is CCC(CCN)NC1=C(C(=N)N2CCCc3cc(/C(C=N)=C/NC)c(C(F)F)cc32)CN(C(C)=O)CC1. The van der Waals surface area contributed by atoms with E-state index in [1.165, 1.54) is 19.2 Å². The Bertz CT molecular complexity index is 1080. The van der Waals surface area contributed by atoms with Gasteiger partial charge in [-0.25, -0.2) is 8.78 Å². The third-order valence-electron chi connectivity index (χ3n) is 7.10. The van der Waals surface area contributed by atoms with Gasteiger partial charge < -0.3 is 31.6 Å². The molecule has 1 aromatic rings. The highest BCUT2D eigenvalue weighted by Gasteiger charge is 2.31. The maximum atomic E-state index is 14.2. The number of halogens is 2. The molecular formula is C27H39F2N7O. The van der Waals surface area contributed by atoms with Crippen LogP contribution < -0.4 is 21.3 Å². The molecule has 8 nitrogen and oxygen atoms in total. The van der Waals surface area contributed by atoms with E-state index in [4.69, 9.17) is 11.1 Å². The zero-order valence-electron chi connectivity index (χ0n) is 22.0. The van der Waals surface area contributed by atoms with Crippen LogP contribution in [0.25, 0.3) is 5.57 Å². The van der Waals surface area contributed by atoms with Gasteiger partial charge in [-0.1, -0.05) is 6.92 Å². The van der Waals surface area contributed by atoms with Crippen molar-refractivity contribution in [1.82, 2.24) is 15.5 Å². The fraction of sp³-hybridized carbons (Fsp3) is 0.519. The molecule has 1 atom stereocenters. The number of hydrogen-bond donors (Lipinski definition) is 5. The van der Waals surface area contributed by atoms with Crippen molar-refractivity contribution in [2.75, 3.05) is 38.1 Å². The van der Waals surface area contributed by atoms with E-state index in [0.717, 1.165) is 36.7 Å². The number of nitrogens with one attached hydrogen (secondary N) is 4. The Morgan fingerprint density at radius 3 is 2.62 bits per heavy atom. The molecule has 6 N–H and O–H groups in total. The van der Waals surface area contributed by atoms with Crippen molar-refractivity contribution in [3.63, 3.8) is 0 Å². The van der Waals surface area contributed by atoms with Crippen LogP contribution in [-0.4, -0.2) is 62.1 Å². The minimum absolute atomic E-state index is 0.0579. The fourth-order valence-electron chi connectivity index (χ4n) is 5.06. The van der Waals surface area contributed by atoms with Gasteiger partial charge in [0, 0.05) is 80.0 Å². The summed E-state index contributed by atoms with van der Waals surface area (Å²) in [5.74, 6) is 0.167. The molecule has 0 spiro atoms. The predicted octanol–water partition coefficient (Wildman–Crippen LogP) is 3.79. The number of benzene rings is 1. The maximum absolute atomic E-state index is 14.2. The Morgan fingerprint density at radius 2 is 2.03 bits per heavy atom. The van der Waals surface area contributed by atoms with Gasteiger partial charge in [-0.2, -0.15) is 0 Å². The highest BCUT2D eigenvalue weighted by Crippen LogP contribution is 2.37. The van der Waals surface area contributed by atoms with E-state index >= 15 is 0 Å².